The lowest BCUT2D eigenvalue weighted by molar-refractivity contribution is -0.124. The van der Waals surface area contributed by atoms with Gasteiger partial charge >= 0.3 is 0 Å². The molecule has 0 bridgehead atoms. The molecule has 1 aromatic heterocycles. The van der Waals surface area contributed by atoms with E-state index in [0.717, 1.165) is 13.0 Å². The molecule has 2 N–H and O–H groups in total. The normalized spacial score (nSPS) is 12.4. The monoisotopic (exact) mass is 324 g/mol. The van der Waals surface area contributed by atoms with Gasteiger partial charge in [0.15, 0.2) is 5.76 Å². The second-order valence-electron chi connectivity index (χ2n) is 6.29. The smallest absolute Gasteiger partial charge is 0.287 e. The van der Waals surface area contributed by atoms with Crippen molar-refractivity contribution in [2.24, 2.45) is 11.8 Å². The van der Waals surface area contributed by atoms with Crippen LogP contribution in [0, 0.1) is 11.8 Å². The van der Waals surface area contributed by atoms with Crippen molar-refractivity contribution in [1.29, 1.82) is 0 Å². The van der Waals surface area contributed by atoms with Crippen LogP contribution < -0.4 is 10.6 Å². The second-order valence-corrected chi connectivity index (χ2v) is 6.29. The van der Waals surface area contributed by atoms with Crippen LogP contribution in [0.5, 0.6) is 0 Å². The van der Waals surface area contributed by atoms with E-state index >= 15 is 0 Å². The van der Waals surface area contributed by atoms with Crippen LogP contribution in [0.25, 0.3) is 0 Å². The van der Waals surface area contributed by atoms with Crippen molar-refractivity contribution in [1.82, 2.24) is 10.6 Å². The molecule has 0 aliphatic carbocycles. The summed E-state index contributed by atoms with van der Waals surface area (Å²) < 4.78 is 10.5. The summed E-state index contributed by atoms with van der Waals surface area (Å²) in [5, 5.41) is 5.55. The van der Waals surface area contributed by atoms with Gasteiger partial charge in [-0.2, -0.15) is 0 Å². The highest BCUT2D eigenvalue weighted by molar-refractivity contribution is 5.95. The highest BCUT2D eigenvalue weighted by Gasteiger charge is 2.25. The van der Waals surface area contributed by atoms with Crippen LogP contribution in [0.4, 0.5) is 0 Å². The lowest BCUT2D eigenvalue weighted by atomic mass is 10.0. The molecular formula is C17H28N2O4. The Hall–Kier alpha value is -1.82. The maximum Gasteiger partial charge on any atom is 0.287 e. The fourth-order valence-corrected chi connectivity index (χ4v) is 1.97. The molecular weight excluding hydrogens is 296 g/mol. The highest BCUT2D eigenvalue weighted by Crippen LogP contribution is 2.06. The van der Waals surface area contributed by atoms with Crippen molar-refractivity contribution < 1.29 is 18.7 Å². The van der Waals surface area contributed by atoms with Crippen LogP contribution in [0.15, 0.2) is 22.8 Å². The quantitative estimate of drug-likeness (QED) is 0.647. The topological polar surface area (TPSA) is 80.6 Å². The van der Waals surface area contributed by atoms with Gasteiger partial charge < -0.3 is 19.8 Å². The van der Waals surface area contributed by atoms with Crippen LogP contribution >= 0.6 is 0 Å². The lowest BCUT2D eigenvalue weighted by Crippen LogP contribution is -2.49. The molecule has 0 saturated carbocycles. The van der Waals surface area contributed by atoms with Gasteiger partial charge in [0.25, 0.3) is 5.91 Å². The first kappa shape index (κ1) is 19.2. The number of carbonyl (C=O) groups is 2. The van der Waals surface area contributed by atoms with Crippen molar-refractivity contribution in [2.75, 3.05) is 19.8 Å². The Kier molecular flexibility index (Phi) is 8.40. The molecule has 2 amide bonds. The van der Waals surface area contributed by atoms with Crippen LogP contribution in [0.3, 0.4) is 0 Å². The molecule has 0 fully saturated rings. The number of rotatable bonds is 10. The Bertz CT molecular complexity index is 469. The minimum atomic E-state index is -0.593. The molecule has 0 spiro atoms. The zero-order valence-electron chi connectivity index (χ0n) is 14.4. The molecule has 130 valence electrons. The van der Waals surface area contributed by atoms with Crippen molar-refractivity contribution in [3.05, 3.63) is 24.2 Å². The number of amides is 2. The van der Waals surface area contributed by atoms with Gasteiger partial charge in [0.05, 0.1) is 6.26 Å². The lowest BCUT2D eigenvalue weighted by Gasteiger charge is -2.21. The van der Waals surface area contributed by atoms with E-state index in [2.05, 4.69) is 24.5 Å². The minimum Gasteiger partial charge on any atom is -0.459 e. The summed E-state index contributed by atoms with van der Waals surface area (Å²) in [5.74, 6) is 0.108. The van der Waals surface area contributed by atoms with E-state index in [0.29, 0.717) is 19.1 Å². The maximum atomic E-state index is 12.2. The summed E-state index contributed by atoms with van der Waals surface area (Å²) in [6.07, 6.45) is 2.17. The Labute approximate surface area is 138 Å². The summed E-state index contributed by atoms with van der Waals surface area (Å²) >= 11 is 0. The average molecular weight is 324 g/mol. The number of nitrogens with one attached hydrogen (secondary N) is 2. The SMILES string of the molecule is CC(C)COCCCNC(=O)C(NC(=O)c1ccco1)C(C)C. The van der Waals surface area contributed by atoms with Crippen molar-refractivity contribution in [3.63, 3.8) is 0 Å². The fourth-order valence-electron chi connectivity index (χ4n) is 1.97. The maximum absolute atomic E-state index is 12.2. The zero-order valence-corrected chi connectivity index (χ0v) is 14.4. The third-order valence-corrected chi connectivity index (χ3v) is 3.20. The van der Waals surface area contributed by atoms with Crippen LogP contribution in [-0.2, 0) is 9.53 Å². The van der Waals surface area contributed by atoms with E-state index in [1.807, 2.05) is 13.8 Å². The number of hydrogen-bond acceptors (Lipinski definition) is 4. The molecule has 0 aliphatic rings. The highest BCUT2D eigenvalue weighted by atomic mass is 16.5. The molecule has 23 heavy (non-hydrogen) atoms. The molecule has 0 saturated heterocycles. The first-order chi connectivity index (χ1) is 10.9. The molecule has 1 atom stereocenters. The molecule has 6 heteroatoms. The van der Waals surface area contributed by atoms with Crippen molar-refractivity contribution in [2.45, 2.75) is 40.2 Å². The molecule has 6 nitrogen and oxygen atoms in total. The number of hydrogen-bond donors (Lipinski definition) is 2. The summed E-state index contributed by atoms with van der Waals surface area (Å²) in [6, 6.07) is 2.61. The summed E-state index contributed by atoms with van der Waals surface area (Å²) in [7, 11) is 0. The Morgan fingerprint density at radius 2 is 2.00 bits per heavy atom. The van der Waals surface area contributed by atoms with Crippen LogP contribution in [-0.4, -0.2) is 37.6 Å². The van der Waals surface area contributed by atoms with E-state index < -0.39 is 6.04 Å². The predicted molar refractivity (Wildman–Crippen MR) is 88.1 cm³/mol. The molecule has 1 aromatic rings. The molecule has 0 aromatic carbocycles. The number of carbonyl (C=O) groups excluding carboxylic acids is 2. The number of ether oxygens (including phenoxy) is 1. The van der Waals surface area contributed by atoms with Gasteiger partial charge in [-0.1, -0.05) is 27.7 Å². The third kappa shape index (κ3) is 7.32. The van der Waals surface area contributed by atoms with Crippen LogP contribution in [0.2, 0.25) is 0 Å². The van der Waals surface area contributed by atoms with Gasteiger partial charge in [-0.15, -0.1) is 0 Å². The summed E-state index contributed by atoms with van der Waals surface area (Å²) in [4.78, 5) is 24.2. The second kappa shape index (κ2) is 10.0. The average Bonchev–Trinajstić information content (AvgIpc) is 3.01. The van der Waals surface area contributed by atoms with Gasteiger partial charge in [-0.25, -0.2) is 0 Å². The van der Waals surface area contributed by atoms with Gasteiger partial charge in [0.2, 0.25) is 5.91 Å². The predicted octanol–water partition coefficient (Wildman–Crippen LogP) is 2.21. The third-order valence-electron chi connectivity index (χ3n) is 3.20. The van der Waals surface area contributed by atoms with Gasteiger partial charge in [0.1, 0.15) is 6.04 Å². The van der Waals surface area contributed by atoms with Gasteiger partial charge in [-0.3, -0.25) is 9.59 Å². The van der Waals surface area contributed by atoms with E-state index in [4.69, 9.17) is 9.15 Å². The van der Waals surface area contributed by atoms with E-state index in [1.165, 1.54) is 6.26 Å². The summed E-state index contributed by atoms with van der Waals surface area (Å²) in [5.41, 5.74) is 0. The minimum absolute atomic E-state index is 0.0221. The molecule has 0 radical (unpaired) electrons. The van der Waals surface area contributed by atoms with Crippen molar-refractivity contribution in [3.8, 4) is 0 Å². The standard InChI is InChI=1S/C17H28N2O4/c1-12(2)11-22-9-6-8-18-17(21)15(13(3)4)19-16(20)14-7-5-10-23-14/h5,7,10,12-13,15H,6,8-9,11H2,1-4H3,(H,18,21)(H,19,20). The fraction of sp³-hybridized carbons (Fsp3) is 0.647. The van der Waals surface area contributed by atoms with E-state index in [1.54, 1.807) is 12.1 Å². The van der Waals surface area contributed by atoms with E-state index in [-0.39, 0.29) is 23.5 Å². The van der Waals surface area contributed by atoms with Crippen LogP contribution in [0.1, 0.15) is 44.7 Å². The van der Waals surface area contributed by atoms with Gasteiger partial charge in [-0.05, 0) is 30.4 Å². The largest absolute Gasteiger partial charge is 0.459 e. The van der Waals surface area contributed by atoms with Gasteiger partial charge in [0, 0.05) is 19.8 Å². The Morgan fingerprint density at radius 1 is 1.26 bits per heavy atom. The first-order valence-corrected chi connectivity index (χ1v) is 8.11. The molecule has 0 aliphatic heterocycles. The number of furan rings is 1. The Balaban J connectivity index is 2.35. The summed E-state index contributed by atoms with van der Waals surface area (Å²) in [6.45, 7) is 9.83. The zero-order chi connectivity index (χ0) is 17.2. The molecule has 1 unspecified atom stereocenters. The Morgan fingerprint density at radius 3 is 2.57 bits per heavy atom. The molecule has 1 heterocycles. The van der Waals surface area contributed by atoms with E-state index in [9.17, 15) is 9.59 Å². The van der Waals surface area contributed by atoms with Crippen molar-refractivity contribution >= 4 is 11.8 Å². The molecule has 1 rings (SSSR count). The first-order valence-electron chi connectivity index (χ1n) is 8.11.